The van der Waals surface area contributed by atoms with Crippen LogP contribution in [0.25, 0.3) is 0 Å². The van der Waals surface area contributed by atoms with Gasteiger partial charge in [0.1, 0.15) is 0 Å². The van der Waals surface area contributed by atoms with E-state index in [9.17, 15) is 0 Å². The van der Waals surface area contributed by atoms with Gasteiger partial charge in [-0.25, -0.2) is 0 Å². The van der Waals surface area contributed by atoms with Gasteiger partial charge in [0.25, 0.3) is 0 Å². The Balaban J connectivity index is 1.66. The summed E-state index contributed by atoms with van der Waals surface area (Å²) in [7, 11) is 0. The maximum absolute atomic E-state index is 6.04. The van der Waals surface area contributed by atoms with Crippen molar-refractivity contribution in [2.45, 2.75) is 76.3 Å². The van der Waals surface area contributed by atoms with Crippen LogP contribution >= 0.6 is 0 Å². The molecule has 2 nitrogen and oxygen atoms in total. The van der Waals surface area contributed by atoms with Crippen LogP contribution in [0.2, 0.25) is 0 Å². The third-order valence-corrected chi connectivity index (χ3v) is 4.63. The second-order valence-corrected chi connectivity index (χ2v) is 6.16. The van der Waals surface area contributed by atoms with Crippen LogP contribution in [0.3, 0.4) is 0 Å². The van der Waals surface area contributed by atoms with Crippen molar-refractivity contribution in [3.63, 3.8) is 0 Å². The van der Waals surface area contributed by atoms with Gasteiger partial charge in [0, 0.05) is 12.1 Å². The van der Waals surface area contributed by atoms with E-state index in [1.807, 2.05) is 0 Å². The molecule has 4 atom stereocenters. The average molecular weight is 224 g/mol. The van der Waals surface area contributed by atoms with E-state index in [0.29, 0.717) is 12.1 Å². The average Bonchev–Trinajstić information content (AvgIpc) is 2.27. The highest BCUT2D eigenvalue weighted by Crippen LogP contribution is 2.32. The molecule has 2 aliphatic carbocycles. The highest BCUT2D eigenvalue weighted by atomic mass is 14.6. The normalized spacial score (nSPS) is 40.9. The topological polar surface area (TPSA) is 52.0 Å². The van der Waals surface area contributed by atoms with Crippen molar-refractivity contribution in [2.75, 3.05) is 0 Å². The highest BCUT2D eigenvalue weighted by Gasteiger charge is 2.23. The minimum absolute atomic E-state index is 0.493. The van der Waals surface area contributed by atoms with E-state index >= 15 is 0 Å². The van der Waals surface area contributed by atoms with Gasteiger partial charge >= 0.3 is 0 Å². The molecule has 4 unspecified atom stereocenters. The Morgan fingerprint density at radius 1 is 0.688 bits per heavy atom. The van der Waals surface area contributed by atoms with Crippen LogP contribution in [-0.4, -0.2) is 12.1 Å². The van der Waals surface area contributed by atoms with Crippen LogP contribution in [0.4, 0.5) is 0 Å². The van der Waals surface area contributed by atoms with Crippen molar-refractivity contribution in [2.24, 2.45) is 23.3 Å². The maximum Gasteiger partial charge on any atom is 0.00414 e. The first-order chi connectivity index (χ1) is 7.74. The molecule has 4 N–H and O–H groups in total. The minimum Gasteiger partial charge on any atom is -0.328 e. The van der Waals surface area contributed by atoms with E-state index in [2.05, 4.69) is 0 Å². The van der Waals surface area contributed by atoms with Crippen molar-refractivity contribution in [3.8, 4) is 0 Å². The number of hydrogen-bond donors (Lipinski definition) is 2. The van der Waals surface area contributed by atoms with Gasteiger partial charge in [0.2, 0.25) is 0 Å². The molecule has 2 saturated carbocycles. The lowest BCUT2D eigenvalue weighted by atomic mass is 9.78. The quantitative estimate of drug-likeness (QED) is 0.774. The molecule has 0 amide bonds. The molecule has 0 saturated heterocycles. The largest absolute Gasteiger partial charge is 0.328 e. The Morgan fingerprint density at radius 2 is 1.12 bits per heavy atom. The van der Waals surface area contributed by atoms with Gasteiger partial charge in [-0.3, -0.25) is 0 Å². The first-order valence-electron chi connectivity index (χ1n) is 7.25. The molecule has 2 heteroatoms. The number of rotatable bonds is 3. The molecule has 0 bridgehead atoms. The van der Waals surface area contributed by atoms with Crippen LogP contribution in [0, 0.1) is 11.8 Å². The van der Waals surface area contributed by atoms with Gasteiger partial charge in [-0.05, 0) is 37.5 Å². The second kappa shape index (κ2) is 6.02. The van der Waals surface area contributed by atoms with E-state index in [-0.39, 0.29) is 0 Å². The zero-order valence-electron chi connectivity index (χ0n) is 10.5. The van der Waals surface area contributed by atoms with Gasteiger partial charge in [-0.2, -0.15) is 0 Å². The Labute approximate surface area is 100 Å². The Hall–Kier alpha value is -0.0800. The fraction of sp³-hybridized carbons (Fsp3) is 1.00. The zero-order chi connectivity index (χ0) is 11.4. The lowest BCUT2D eigenvalue weighted by Gasteiger charge is -2.30. The SMILES string of the molecule is NC1CCCC(CCC2CCCC(N)C2)C1. The maximum atomic E-state index is 6.04. The third-order valence-electron chi connectivity index (χ3n) is 4.63. The van der Waals surface area contributed by atoms with Crippen LogP contribution in [-0.2, 0) is 0 Å². The van der Waals surface area contributed by atoms with Gasteiger partial charge in [0.05, 0.1) is 0 Å². The molecule has 16 heavy (non-hydrogen) atoms. The summed E-state index contributed by atoms with van der Waals surface area (Å²) in [6.07, 6.45) is 13.4. The van der Waals surface area contributed by atoms with Crippen molar-refractivity contribution in [1.82, 2.24) is 0 Å². The monoisotopic (exact) mass is 224 g/mol. The Bertz CT molecular complexity index is 183. The van der Waals surface area contributed by atoms with Crippen LogP contribution in [0.1, 0.15) is 64.2 Å². The van der Waals surface area contributed by atoms with Gasteiger partial charge < -0.3 is 11.5 Å². The van der Waals surface area contributed by atoms with E-state index in [4.69, 9.17) is 11.5 Å². The smallest absolute Gasteiger partial charge is 0.00414 e. The van der Waals surface area contributed by atoms with Crippen molar-refractivity contribution in [3.05, 3.63) is 0 Å². The summed E-state index contributed by atoms with van der Waals surface area (Å²) < 4.78 is 0. The fourth-order valence-electron chi connectivity index (χ4n) is 3.66. The van der Waals surface area contributed by atoms with Crippen molar-refractivity contribution in [1.29, 1.82) is 0 Å². The van der Waals surface area contributed by atoms with E-state index in [1.54, 1.807) is 0 Å². The number of nitrogens with two attached hydrogens (primary N) is 2. The van der Waals surface area contributed by atoms with E-state index in [0.717, 1.165) is 11.8 Å². The molecule has 2 fully saturated rings. The zero-order valence-corrected chi connectivity index (χ0v) is 10.5. The summed E-state index contributed by atoms with van der Waals surface area (Å²) >= 11 is 0. The van der Waals surface area contributed by atoms with Crippen LogP contribution in [0.15, 0.2) is 0 Å². The molecule has 0 heterocycles. The molecule has 94 valence electrons. The molecular weight excluding hydrogens is 196 g/mol. The summed E-state index contributed by atoms with van der Waals surface area (Å²) in [5, 5.41) is 0. The summed E-state index contributed by atoms with van der Waals surface area (Å²) in [6.45, 7) is 0. The minimum atomic E-state index is 0.493. The summed E-state index contributed by atoms with van der Waals surface area (Å²) in [5.41, 5.74) is 12.1. The first kappa shape index (κ1) is 12.4. The number of hydrogen-bond acceptors (Lipinski definition) is 2. The first-order valence-corrected chi connectivity index (χ1v) is 7.25. The lowest BCUT2D eigenvalue weighted by molar-refractivity contribution is 0.248. The van der Waals surface area contributed by atoms with Gasteiger partial charge in [-0.15, -0.1) is 0 Å². The molecule has 0 aromatic heterocycles. The lowest BCUT2D eigenvalue weighted by Crippen LogP contribution is -2.30. The van der Waals surface area contributed by atoms with Crippen molar-refractivity contribution >= 4 is 0 Å². The van der Waals surface area contributed by atoms with E-state index in [1.165, 1.54) is 64.2 Å². The van der Waals surface area contributed by atoms with E-state index < -0.39 is 0 Å². The highest BCUT2D eigenvalue weighted by molar-refractivity contribution is 4.79. The predicted octanol–water partition coefficient (Wildman–Crippen LogP) is 2.80. The molecule has 0 radical (unpaired) electrons. The van der Waals surface area contributed by atoms with Crippen LogP contribution in [0.5, 0.6) is 0 Å². The van der Waals surface area contributed by atoms with Gasteiger partial charge in [-0.1, -0.05) is 38.5 Å². The summed E-state index contributed by atoms with van der Waals surface area (Å²) in [4.78, 5) is 0. The molecule has 2 aliphatic rings. The molecular formula is C14H28N2. The summed E-state index contributed by atoms with van der Waals surface area (Å²) in [6, 6.07) is 0.986. The molecule has 0 aliphatic heterocycles. The second-order valence-electron chi connectivity index (χ2n) is 6.16. The summed E-state index contributed by atoms with van der Waals surface area (Å²) in [5.74, 6) is 1.84. The molecule has 0 spiro atoms. The fourth-order valence-corrected chi connectivity index (χ4v) is 3.66. The molecule has 2 rings (SSSR count). The Kier molecular flexibility index (Phi) is 4.66. The predicted molar refractivity (Wildman–Crippen MR) is 69.1 cm³/mol. The third kappa shape index (κ3) is 3.74. The van der Waals surface area contributed by atoms with Crippen molar-refractivity contribution < 1.29 is 0 Å². The standard InChI is InChI=1S/C14H28N2/c15-13-5-1-3-11(9-13)7-8-12-4-2-6-14(16)10-12/h11-14H,1-10,15-16H2. The van der Waals surface area contributed by atoms with Gasteiger partial charge in [0.15, 0.2) is 0 Å². The molecule has 0 aromatic rings. The van der Waals surface area contributed by atoms with Crippen LogP contribution < -0.4 is 11.5 Å². The molecule has 0 aromatic carbocycles. The Morgan fingerprint density at radius 3 is 1.50 bits per heavy atom.